The highest BCUT2D eigenvalue weighted by Gasteiger charge is 2.43. The number of thiophene rings is 1. The van der Waals surface area contributed by atoms with E-state index in [1.54, 1.807) is 0 Å². The minimum atomic E-state index is -0.189. The number of aromatic nitrogens is 1. The number of nitrogens with one attached hydrogen (secondary N) is 1. The molecule has 0 saturated heterocycles. The Morgan fingerprint density at radius 1 is 0.559 bits per heavy atom. The second-order valence-corrected chi connectivity index (χ2v) is 24.4. The van der Waals surface area contributed by atoms with Crippen LogP contribution in [0.3, 0.4) is 0 Å². The van der Waals surface area contributed by atoms with Crippen molar-refractivity contribution in [2.75, 3.05) is 5.32 Å². The smallest absolute Gasteiger partial charge is 0.198 e. The molecule has 332 valence electrons. The van der Waals surface area contributed by atoms with Gasteiger partial charge in [-0.15, -0.1) is 11.3 Å². The first-order valence-corrected chi connectivity index (χ1v) is 25.5. The summed E-state index contributed by atoms with van der Waals surface area (Å²) in [5, 5.41) is 11.6. The molecule has 4 heterocycles. The lowest BCUT2D eigenvalue weighted by molar-refractivity contribution is 0.331. The average Bonchev–Trinajstić information content (AvgIpc) is 4.02. The van der Waals surface area contributed by atoms with Crippen molar-refractivity contribution in [1.29, 1.82) is 0 Å². The number of hydrogen-bond donors (Lipinski definition) is 1. The maximum atomic E-state index is 6.62. The highest BCUT2D eigenvalue weighted by atomic mass is 32.1. The van der Waals surface area contributed by atoms with Gasteiger partial charge in [0.15, 0.2) is 7.28 Å². The Kier molecular flexibility index (Phi) is 7.96. The van der Waals surface area contributed by atoms with E-state index in [-0.39, 0.29) is 21.7 Å². The summed E-state index contributed by atoms with van der Waals surface area (Å²) in [5.74, 6) is 0. The van der Waals surface area contributed by atoms with E-state index in [0.29, 0.717) is 0 Å². The van der Waals surface area contributed by atoms with E-state index < -0.39 is 0 Å². The van der Waals surface area contributed by atoms with Crippen molar-refractivity contribution in [2.45, 2.75) is 96.8 Å². The zero-order valence-electron chi connectivity index (χ0n) is 40.6. The van der Waals surface area contributed by atoms with Crippen LogP contribution in [0.2, 0.25) is 0 Å². The van der Waals surface area contributed by atoms with Crippen molar-refractivity contribution in [3.63, 3.8) is 0 Å². The van der Waals surface area contributed by atoms with Gasteiger partial charge in [-0.1, -0.05) is 135 Å². The predicted molar refractivity (Wildman–Crippen MR) is 294 cm³/mol. The van der Waals surface area contributed by atoms with E-state index in [0.717, 1.165) is 40.6 Å². The van der Waals surface area contributed by atoms with Gasteiger partial charge < -0.3 is 14.3 Å². The lowest BCUT2D eigenvalue weighted by Crippen LogP contribution is -2.37. The van der Waals surface area contributed by atoms with Crippen LogP contribution >= 0.6 is 11.3 Å². The standard InChI is InChI=1S/C63H55BN2OS/c1-60(2,3)34-18-20-35(21-19-34)65-51-29-41-40-27-48-49(62(6,7)25-24-61(48,4)5)31-47(40)63(8,9)46(41)28-42(51)38-22-23-39-43-26-44-36-14-10-12-16-54(36)67-55(44)33-52(43)66-53-30-45-37-15-11-13-17-56(37)68-57(45)32-50(53)64-58(38)59(39)66/h10-23,26-33,64-65H,24-25H2,1-9H3. The number of anilines is 2. The van der Waals surface area contributed by atoms with Gasteiger partial charge in [-0.3, -0.25) is 0 Å². The normalized spacial score (nSPS) is 16.4. The van der Waals surface area contributed by atoms with E-state index >= 15 is 0 Å². The summed E-state index contributed by atoms with van der Waals surface area (Å²) in [7, 11) is 0.832. The van der Waals surface area contributed by atoms with Gasteiger partial charge in [0.25, 0.3) is 0 Å². The van der Waals surface area contributed by atoms with Crippen LogP contribution in [0.1, 0.15) is 103 Å². The zero-order valence-corrected chi connectivity index (χ0v) is 41.4. The Hall–Kier alpha value is -6.56. The number of furan rings is 1. The molecule has 8 aromatic carbocycles. The quantitative estimate of drug-likeness (QED) is 0.179. The second-order valence-electron chi connectivity index (χ2n) is 23.3. The molecule has 14 rings (SSSR count). The Labute approximate surface area is 403 Å². The first kappa shape index (κ1) is 40.5. The first-order chi connectivity index (χ1) is 32.5. The van der Waals surface area contributed by atoms with Crippen LogP contribution in [0, 0.1) is 0 Å². The molecule has 0 fully saturated rings. The molecule has 0 bridgehead atoms. The van der Waals surface area contributed by atoms with Crippen LogP contribution < -0.4 is 16.2 Å². The summed E-state index contributed by atoms with van der Waals surface area (Å²) in [4.78, 5) is 0. The number of benzene rings is 8. The van der Waals surface area contributed by atoms with Gasteiger partial charge in [-0.25, -0.2) is 0 Å². The Balaban J connectivity index is 1.05. The third-order valence-corrected chi connectivity index (χ3v) is 18.0. The van der Waals surface area contributed by atoms with Gasteiger partial charge in [0.2, 0.25) is 0 Å². The van der Waals surface area contributed by atoms with E-state index in [1.807, 2.05) is 11.3 Å². The van der Waals surface area contributed by atoms with Crippen LogP contribution in [0.4, 0.5) is 11.4 Å². The Morgan fingerprint density at radius 2 is 1.25 bits per heavy atom. The van der Waals surface area contributed by atoms with Crippen LogP contribution in [-0.2, 0) is 21.7 Å². The van der Waals surface area contributed by atoms with Crippen LogP contribution in [0.5, 0.6) is 0 Å². The first-order valence-electron chi connectivity index (χ1n) is 24.7. The molecule has 1 N–H and O–H groups in total. The van der Waals surface area contributed by atoms with E-state index in [2.05, 4.69) is 206 Å². The molecule has 1 aliphatic heterocycles. The molecular weight excluding hydrogens is 844 g/mol. The molecule has 0 atom stereocenters. The molecule has 68 heavy (non-hydrogen) atoms. The topological polar surface area (TPSA) is 30.1 Å². The highest BCUT2D eigenvalue weighted by Crippen LogP contribution is 2.56. The number of rotatable bonds is 3. The second kappa shape index (κ2) is 13.4. The number of fused-ring (bicyclic) bond motifs is 15. The van der Waals surface area contributed by atoms with Gasteiger partial charge in [0.1, 0.15) is 11.2 Å². The minimum Gasteiger partial charge on any atom is -0.456 e. The van der Waals surface area contributed by atoms with Crippen LogP contribution in [0.25, 0.3) is 91.9 Å². The highest BCUT2D eigenvalue weighted by molar-refractivity contribution is 7.26. The van der Waals surface area contributed by atoms with Gasteiger partial charge >= 0.3 is 0 Å². The molecule has 0 amide bonds. The molecule has 3 aromatic heterocycles. The average molecular weight is 899 g/mol. The van der Waals surface area contributed by atoms with Crippen LogP contribution in [-0.4, -0.2) is 11.8 Å². The fraction of sp³-hybridized carbons (Fsp3) is 0.238. The lowest BCUT2D eigenvalue weighted by atomic mass is 9.59. The lowest BCUT2D eigenvalue weighted by Gasteiger charge is -2.42. The van der Waals surface area contributed by atoms with Gasteiger partial charge in [-0.05, 0) is 140 Å². The zero-order chi connectivity index (χ0) is 46.4. The fourth-order valence-corrected chi connectivity index (χ4v) is 13.9. The van der Waals surface area contributed by atoms with Gasteiger partial charge in [-0.2, -0.15) is 0 Å². The largest absolute Gasteiger partial charge is 0.456 e. The molecule has 2 aliphatic carbocycles. The van der Waals surface area contributed by atoms with Crippen LogP contribution in [0.15, 0.2) is 138 Å². The molecule has 0 saturated carbocycles. The van der Waals surface area contributed by atoms with Crippen molar-refractivity contribution in [3.8, 4) is 27.9 Å². The molecule has 0 radical (unpaired) electrons. The number of nitrogens with zero attached hydrogens (tertiary/aromatic N) is 1. The van der Waals surface area contributed by atoms with E-state index in [4.69, 9.17) is 4.42 Å². The summed E-state index contributed by atoms with van der Waals surface area (Å²) in [6.45, 7) is 21.6. The molecular formula is C63H55BN2OS. The third-order valence-electron chi connectivity index (χ3n) is 16.8. The Bertz CT molecular complexity index is 4030. The monoisotopic (exact) mass is 898 g/mol. The maximum absolute atomic E-state index is 6.62. The van der Waals surface area contributed by atoms with E-state index in [1.165, 1.54) is 122 Å². The summed E-state index contributed by atoms with van der Waals surface area (Å²) in [5.41, 5.74) is 23.2. The summed E-state index contributed by atoms with van der Waals surface area (Å²) < 4.78 is 11.9. The van der Waals surface area contributed by atoms with Crippen molar-refractivity contribution < 1.29 is 4.42 Å². The molecule has 3 aliphatic rings. The summed E-state index contributed by atoms with van der Waals surface area (Å²) in [6, 6.07) is 51.3. The van der Waals surface area contributed by atoms with Gasteiger partial charge in [0.05, 0.1) is 5.52 Å². The van der Waals surface area contributed by atoms with Gasteiger partial charge in [0, 0.05) is 81.3 Å². The molecule has 5 heteroatoms. The number of hydrogen-bond acceptors (Lipinski definition) is 3. The summed E-state index contributed by atoms with van der Waals surface area (Å²) >= 11 is 1.91. The molecule has 0 unspecified atom stereocenters. The SMILES string of the molecule is CC(C)(C)c1ccc(Nc2cc3c(cc2-c2ccc4c5cc6c(cc5n5c4c2Bc2cc4sc7ccccc7c4cc2-5)oc2ccccc26)C(C)(C)c2cc4c(cc2-3)C(C)(C)CCC4(C)C)cc1. The minimum absolute atomic E-state index is 0.0674. The molecule has 11 aromatic rings. The van der Waals surface area contributed by atoms with Crippen molar-refractivity contribution in [3.05, 3.63) is 161 Å². The number of para-hydroxylation sites is 1. The summed E-state index contributed by atoms with van der Waals surface area (Å²) in [6.07, 6.45) is 2.40. The predicted octanol–water partition coefficient (Wildman–Crippen LogP) is 16.1. The maximum Gasteiger partial charge on any atom is 0.198 e. The van der Waals surface area contributed by atoms with E-state index in [9.17, 15) is 0 Å². The van der Waals surface area contributed by atoms with Crippen molar-refractivity contribution >= 4 is 105 Å². The fourth-order valence-electron chi connectivity index (χ4n) is 12.8. The van der Waals surface area contributed by atoms with Crippen molar-refractivity contribution in [1.82, 2.24) is 4.57 Å². The molecule has 0 spiro atoms. The third kappa shape index (κ3) is 5.54. The Morgan fingerprint density at radius 3 is 2.03 bits per heavy atom. The van der Waals surface area contributed by atoms with Crippen molar-refractivity contribution in [2.24, 2.45) is 0 Å². The molecule has 3 nitrogen and oxygen atoms in total.